The maximum atomic E-state index is 6.04. The largest absolute Gasteiger partial charge is 0.368 e. The van der Waals surface area contributed by atoms with Crippen LogP contribution in [0.2, 0.25) is 51.4 Å². The second-order valence-corrected chi connectivity index (χ2v) is 25.4. The van der Waals surface area contributed by atoms with Crippen LogP contribution in [-0.2, 0) is 22.9 Å². The SMILES string of the molecule is Cc1nc2cc(N3CCN(c4ccc5c(c4)nc(C)n5COCC[Si](C)(C)C)CC3)ccc2n1COCC[Si](C)(C)C. The van der Waals surface area contributed by atoms with E-state index in [1.807, 2.05) is 0 Å². The molecular weight excluding hydrogens is 557 g/mol. The molecule has 8 nitrogen and oxygen atoms in total. The lowest BCUT2D eigenvalue weighted by atomic mass is 10.2. The van der Waals surface area contributed by atoms with Crippen molar-refractivity contribution >= 4 is 49.6 Å². The van der Waals surface area contributed by atoms with Crippen LogP contribution in [0.1, 0.15) is 11.6 Å². The zero-order valence-electron chi connectivity index (χ0n) is 27.0. The third-order valence-electron chi connectivity index (χ3n) is 8.29. The minimum absolute atomic E-state index is 0.568. The topological polar surface area (TPSA) is 60.6 Å². The van der Waals surface area contributed by atoms with E-state index in [1.54, 1.807) is 0 Å². The number of rotatable bonds is 12. The average Bonchev–Trinajstić information content (AvgIpc) is 3.41. The maximum Gasteiger partial charge on any atom is 0.124 e. The monoisotopic (exact) mass is 606 g/mol. The Kier molecular flexibility index (Phi) is 9.17. The predicted octanol–water partition coefficient (Wildman–Crippen LogP) is 6.95. The van der Waals surface area contributed by atoms with Gasteiger partial charge in [0.25, 0.3) is 0 Å². The van der Waals surface area contributed by atoms with E-state index in [1.165, 1.54) is 23.5 Å². The molecule has 0 saturated carbocycles. The van der Waals surface area contributed by atoms with Crippen molar-refractivity contribution in [2.75, 3.05) is 49.2 Å². The molecule has 4 aromatic rings. The highest BCUT2D eigenvalue weighted by Gasteiger charge is 2.20. The van der Waals surface area contributed by atoms with Gasteiger partial charge in [-0.3, -0.25) is 0 Å². The summed E-state index contributed by atoms with van der Waals surface area (Å²) in [6.07, 6.45) is 0. The van der Waals surface area contributed by atoms with Crippen LogP contribution in [0.15, 0.2) is 36.4 Å². The van der Waals surface area contributed by atoms with Crippen LogP contribution in [0.3, 0.4) is 0 Å². The Bertz CT molecular complexity index is 1400. The summed E-state index contributed by atoms with van der Waals surface area (Å²) in [6.45, 7) is 25.1. The minimum Gasteiger partial charge on any atom is -0.368 e. The Hall–Kier alpha value is -2.67. The molecule has 0 radical (unpaired) electrons. The quantitative estimate of drug-likeness (QED) is 0.128. The highest BCUT2D eigenvalue weighted by Crippen LogP contribution is 2.27. The number of aromatic nitrogens is 4. The minimum atomic E-state index is -1.09. The second-order valence-electron chi connectivity index (χ2n) is 14.2. The van der Waals surface area contributed by atoms with Crippen LogP contribution < -0.4 is 9.80 Å². The van der Waals surface area contributed by atoms with Gasteiger partial charge in [0.05, 0.1) is 22.1 Å². The third kappa shape index (κ3) is 7.45. The van der Waals surface area contributed by atoms with E-state index >= 15 is 0 Å². The van der Waals surface area contributed by atoms with Gasteiger partial charge in [0.1, 0.15) is 25.1 Å². The van der Waals surface area contributed by atoms with Crippen molar-refractivity contribution in [3.05, 3.63) is 48.0 Å². The zero-order chi connectivity index (χ0) is 30.1. The smallest absolute Gasteiger partial charge is 0.124 e. The van der Waals surface area contributed by atoms with Crippen LogP contribution in [-0.4, -0.2) is 74.6 Å². The normalized spacial score (nSPS) is 15.0. The van der Waals surface area contributed by atoms with Gasteiger partial charge in [0, 0.05) is 66.9 Å². The molecule has 0 aliphatic carbocycles. The fraction of sp³-hybridized carbons (Fsp3) is 0.562. The highest BCUT2D eigenvalue weighted by atomic mass is 28.3. The zero-order valence-corrected chi connectivity index (χ0v) is 29.0. The van der Waals surface area contributed by atoms with Gasteiger partial charge in [-0.2, -0.15) is 0 Å². The number of hydrogen-bond acceptors (Lipinski definition) is 6. The van der Waals surface area contributed by atoms with Crippen LogP contribution >= 0.6 is 0 Å². The molecule has 0 spiro atoms. The fourth-order valence-corrected chi connectivity index (χ4v) is 7.00. The van der Waals surface area contributed by atoms with Crippen molar-refractivity contribution in [1.82, 2.24) is 19.1 Å². The number of piperazine rings is 1. The molecule has 5 rings (SSSR count). The van der Waals surface area contributed by atoms with Crippen molar-refractivity contribution in [1.29, 1.82) is 0 Å². The number of benzene rings is 2. The summed E-state index contributed by atoms with van der Waals surface area (Å²) in [6, 6.07) is 15.7. The number of ether oxygens (including phenoxy) is 2. The Morgan fingerprint density at radius 1 is 0.619 bits per heavy atom. The molecule has 1 saturated heterocycles. The Morgan fingerprint density at radius 2 is 1.00 bits per heavy atom. The lowest BCUT2D eigenvalue weighted by Crippen LogP contribution is -2.46. The van der Waals surface area contributed by atoms with E-state index in [0.29, 0.717) is 13.5 Å². The first kappa shape index (κ1) is 30.8. The molecule has 3 heterocycles. The molecule has 0 N–H and O–H groups in total. The molecule has 1 aliphatic heterocycles. The molecule has 0 unspecified atom stereocenters. The second kappa shape index (κ2) is 12.5. The van der Waals surface area contributed by atoms with Gasteiger partial charge < -0.3 is 28.4 Å². The summed E-state index contributed by atoms with van der Waals surface area (Å²) in [7, 11) is -2.18. The van der Waals surface area contributed by atoms with Gasteiger partial charge in [-0.15, -0.1) is 0 Å². The maximum absolute atomic E-state index is 6.04. The summed E-state index contributed by atoms with van der Waals surface area (Å²) in [5.74, 6) is 2.01. The molecule has 42 heavy (non-hydrogen) atoms. The van der Waals surface area contributed by atoms with Crippen LogP contribution in [0.5, 0.6) is 0 Å². The van der Waals surface area contributed by atoms with E-state index in [-0.39, 0.29) is 0 Å². The van der Waals surface area contributed by atoms with Gasteiger partial charge in [-0.25, -0.2) is 9.97 Å². The highest BCUT2D eigenvalue weighted by molar-refractivity contribution is 6.76. The number of hydrogen-bond donors (Lipinski definition) is 0. The number of aryl methyl sites for hydroxylation is 2. The molecule has 0 bridgehead atoms. The summed E-state index contributed by atoms with van der Waals surface area (Å²) < 4.78 is 16.5. The van der Waals surface area contributed by atoms with Crippen LogP contribution in [0.25, 0.3) is 22.1 Å². The first-order chi connectivity index (χ1) is 19.9. The van der Waals surface area contributed by atoms with Crippen molar-refractivity contribution < 1.29 is 9.47 Å². The predicted molar refractivity (Wildman–Crippen MR) is 182 cm³/mol. The Labute approximate surface area is 253 Å². The lowest BCUT2D eigenvalue weighted by molar-refractivity contribution is 0.0884. The molecule has 0 atom stereocenters. The molecule has 228 valence electrons. The first-order valence-electron chi connectivity index (χ1n) is 15.5. The molecule has 10 heteroatoms. The summed E-state index contributed by atoms with van der Waals surface area (Å²) >= 11 is 0. The number of imidazole rings is 2. The first-order valence-corrected chi connectivity index (χ1v) is 22.9. The lowest BCUT2D eigenvalue weighted by Gasteiger charge is -2.37. The molecule has 0 amide bonds. The van der Waals surface area contributed by atoms with Crippen molar-refractivity contribution in [3.8, 4) is 0 Å². The fourth-order valence-electron chi connectivity index (χ4n) is 5.49. The van der Waals surface area contributed by atoms with Gasteiger partial charge in [-0.05, 0) is 62.3 Å². The van der Waals surface area contributed by atoms with Gasteiger partial charge in [0.15, 0.2) is 0 Å². The van der Waals surface area contributed by atoms with Crippen LogP contribution in [0.4, 0.5) is 11.4 Å². The van der Waals surface area contributed by atoms with E-state index in [0.717, 1.165) is 73.1 Å². The van der Waals surface area contributed by atoms with Crippen LogP contribution in [0, 0.1) is 13.8 Å². The summed E-state index contributed by atoms with van der Waals surface area (Å²) in [5.41, 5.74) is 6.86. The van der Waals surface area contributed by atoms with Crippen molar-refractivity contribution in [3.63, 3.8) is 0 Å². The van der Waals surface area contributed by atoms with Gasteiger partial charge in [-0.1, -0.05) is 39.3 Å². The average molecular weight is 607 g/mol. The van der Waals surface area contributed by atoms with Gasteiger partial charge >= 0.3 is 0 Å². The molecule has 2 aromatic carbocycles. The Morgan fingerprint density at radius 3 is 1.36 bits per heavy atom. The standard InChI is InChI=1S/C32H50N6O2Si2/c1-25-33-29-21-27(9-11-31(29)37(25)23-39-17-19-41(3,4)5)35-13-15-36(16-14-35)28-10-12-32-30(22-28)34-26(2)38(32)24-40-18-20-42(6,7)8/h9-12,21-22H,13-20,23-24H2,1-8H3. The van der Waals surface area contributed by atoms with E-state index in [2.05, 4.69) is 108 Å². The Balaban J connectivity index is 1.19. The van der Waals surface area contributed by atoms with E-state index in [9.17, 15) is 0 Å². The third-order valence-corrected chi connectivity index (χ3v) is 11.7. The summed E-state index contributed by atoms with van der Waals surface area (Å²) in [5, 5.41) is 0. The molecule has 2 aromatic heterocycles. The van der Waals surface area contributed by atoms with E-state index < -0.39 is 16.1 Å². The molecule has 1 aliphatic rings. The molecular formula is C32H50N6O2Si2. The number of anilines is 2. The molecule has 1 fully saturated rings. The van der Waals surface area contributed by atoms with Crippen molar-refractivity contribution in [2.45, 2.75) is 78.7 Å². The summed E-state index contributed by atoms with van der Waals surface area (Å²) in [4.78, 5) is 14.7. The van der Waals surface area contributed by atoms with Crippen molar-refractivity contribution in [2.24, 2.45) is 0 Å². The van der Waals surface area contributed by atoms with Gasteiger partial charge in [0.2, 0.25) is 0 Å². The number of fused-ring (bicyclic) bond motifs is 2. The van der Waals surface area contributed by atoms with E-state index in [4.69, 9.17) is 19.4 Å². The number of nitrogens with zero attached hydrogens (tertiary/aromatic N) is 6.